The van der Waals surface area contributed by atoms with Gasteiger partial charge in [0.05, 0.1) is 12.8 Å². The number of aryl methyl sites for hydroxylation is 1. The van der Waals surface area contributed by atoms with E-state index in [9.17, 15) is 0 Å². The number of pyridine rings is 1. The molecule has 31 heavy (non-hydrogen) atoms. The van der Waals surface area contributed by atoms with E-state index in [1.165, 1.54) is 5.56 Å². The van der Waals surface area contributed by atoms with Gasteiger partial charge in [-0.1, -0.05) is 24.3 Å². The Morgan fingerprint density at radius 1 is 1.00 bits per heavy atom. The SMILES string of the molecule is COc1ccc(-c2nc(CN3CCC(c4ccncc4)CC3)c(C)o2)c2ccccc12. The molecule has 0 radical (unpaired) electrons. The van der Waals surface area contributed by atoms with Gasteiger partial charge in [0.15, 0.2) is 0 Å². The Labute approximate surface area is 182 Å². The second kappa shape index (κ2) is 8.52. The van der Waals surface area contributed by atoms with Crippen LogP contribution in [0.2, 0.25) is 0 Å². The van der Waals surface area contributed by atoms with Crippen LogP contribution in [0.4, 0.5) is 0 Å². The minimum Gasteiger partial charge on any atom is -0.496 e. The Balaban J connectivity index is 1.34. The lowest BCUT2D eigenvalue weighted by atomic mass is 9.90. The minimum absolute atomic E-state index is 0.624. The highest BCUT2D eigenvalue weighted by atomic mass is 16.5. The Hall–Kier alpha value is -3.18. The third-order valence-electron chi connectivity index (χ3n) is 6.37. The van der Waals surface area contributed by atoms with Gasteiger partial charge >= 0.3 is 0 Å². The van der Waals surface area contributed by atoms with Crippen molar-refractivity contribution in [1.29, 1.82) is 0 Å². The number of methoxy groups -OCH3 is 1. The van der Waals surface area contributed by atoms with Crippen molar-refractivity contribution in [3.05, 3.63) is 77.9 Å². The van der Waals surface area contributed by atoms with E-state index in [-0.39, 0.29) is 0 Å². The number of piperidine rings is 1. The van der Waals surface area contributed by atoms with Crippen LogP contribution in [0.15, 0.2) is 65.3 Å². The molecule has 1 fully saturated rings. The normalized spacial score (nSPS) is 15.4. The standard InChI is InChI=1S/C26H27N3O2/c1-18-24(17-29-15-11-20(12-16-29)19-9-13-27-14-10-19)28-26(31-18)23-7-8-25(30-2)22-6-4-3-5-21(22)23/h3-10,13-14,20H,11-12,15-17H2,1-2H3. The number of aromatic nitrogens is 2. The second-order valence-corrected chi connectivity index (χ2v) is 8.21. The zero-order valence-corrected chi connectivity index (χ0v) is 18.0. The van der Waals surface area contributed by atoms with E-state index < -0.39 is 0 Å². The topological polar surface area (TPSA) is 51.4 Å². The molecule has 2 aromatic heterocycles. The Kier molecular flexibility index (Phi) is 5.43. The summed E-state index contributed by atoms with van der Waals surface area (Å²) in [5, 5.41) is 2.16. The van der Waals surface area contributed by atoms with Crippen LogP contribution in [0, 0.1) is 6.92 Å². The maximum atomic E-state index is 6.13. The van der Waals surface area contributed by atoms with E-state index >= 15 is 0 Å². The Bertz CT molecular complexity index is 1180. The fourth-order valence-corrected chi connectivity index (χ4v) is 4.60. The summed E-state index contributed by atoms with van der Waals surface area (Å²) in [5.41, 5.74) is 3.43. The van der Waals surface area contributed by atoms with Crippen LogP contribution in [-0.2, 0) is 6.54 Å². The molecule has 2 aromatic carbocycles. The van der Waals surface area contributed by atoms with Gasteiger partial charge in [0, 0.05) is 29.9 Å². The van der Waals surface area contributed by atoms with Crippen LogP contribution in [0.5, 0.6) is 5.75 Å². The van der Waals surface area contributed by atoms with E-state index in [4.69, 9.17) is 14.1 Å². The molecule has 1 aliphatic rings. The number of oxazole rings is 1. The van der Waals surface area contributed by atoms with Crippen molar-refractivity contribution in [3.8, 4) is 17.2 Å². The van der Waals surface area contributed by atoms with Crippen LogP contribution < -0.4 is 4.74 Å². The molecule has 0 saturated carbocycles. The zero-order valence-electron chi connectivity index (χ0n) is 18.0. The molecular formula is C26H27N3O2. The molecule has 0 aliphatic carbocycles. The largest absolute Gasteiger partial charge is 0.496 e. The zero-order chi connectivity index (χ0) is 21.2. The van der Waals surface area contributed by atoms with Crippen molar-refractivity contribution in [2.45, 2.75) is 32.2 Å². The van der Waals surface area contributed by atoms with Crippen LogP contribution in [-0.4, -0.2) is 35.1 Å². The van der Waals surface area contributed by atoms with E-state index in [0.717, 1.165) is 66.0 Å². The predicted molar refractivity (Wildman–Crippen MR) is 122 cm³/mol. The first kappa shape index (κ1) is 19.8. The monoisotopic (exact) mass is 413 g/mol. The second-order valence-electron chi connectivity index (χ2n) is 8.21. The average molecular weight is 414 g/mol. The maximum absolute atomic E-state index is 6.13. The molecule has 4 aromatic rings. The average Bonchev–Trinajstić information content (AvgIpc) is 3.19. The van der Waals surface area contributed by atoms with Gasteiger partial charge in [0.1, 0.15) is 11.5 Å². The van der Waals surface area contributed by atoms with Crippen molar-refractivity contribution < 1.29 is 9.15 Å². The van der Waals surface area contributed by atoms with Gasteiger partial charge in [-0.05, 0) is 74.0 Å². The molecule has 158 valence electrons. The summed E-state index contributed by atoms with van der Waals surface area (Å²) in [6.07, 6.45) is 6.11. The third-order valence-corrected chi connectivity index (χ3v) is 6.37. The lowest BCUT2D eigenvalue weighted by Gasteiger charge is -2.31. The molecule has 0 atom stereocenters. The number of nitrogens with zero attached hydrogens (tertiary/aromatic N) is 3. The molecule has 1 aliphatic heterocycles. The fraction of sp³-hybridized carbons (Fsp3) is 0.308. The van der Waals surface area contributed by atoms with Crippen molar-refractivity contribution in [1.82, 2.24) is 14.9 Å². The van der Waals surface area contributed by atoms with Crippen molar-refractivity contribution in [3.63, 3.8) is 0 Å². The number of hydrogen-bond acceptors (Lipinski definition) is 5. The first-order valence-electron chi connectivity index (χ1n) is 10.9. The molecule has 0 unspecified atom stereocenters. The first-order chi connectivity index (χ1) is 15.2. The highest BCUT2D eigenvalue weighted by Crippen LogP contribution is 2.35. The van der Waals surface area contributed by atoms with E-state index in [0.29, 0.717) is 11.8 Å². The summed E-state index contributed by atoms with van der Waals surface area (Å²) in [6.45, 7) is 4.98. The molecule has 0 bridgehead atoms. The molecule has 0 N–H and O–H groups in total. The predicted octanol–water partition coefficient (Wildman–Crippen LogP) is 5.59. The number of benzene rings is 2. The molecule has 5 nitrogen and oxygen atoms in total. The summed E-state index contributed by atoms with van der Waals surface area (Å²) < 4.78 is 11.7. The van der Waals surface area contributed by atoms with Gasteiger partial charge in [-0.25, -0.2) is 4.98 Å². The Morgan fingerprint density at radius 2 is 1.74 bits per heavy atom. The number of likely N-dealkylation sites (tertiary alicyclic amines) is 1. The van der Waals surface area contributed by atoms with Crippen LogP contribution in [0.1, 0.15) is 35.8 Å². The summed E-state index contributed by atoms with van der Waals surface area (Å²) in [6, 6.07) is 16.5. The number of hydrogen-bond donors (Lipinski definition) is 0. The van der Waals surface area contributed by atoms with Gasteiger partial charge in [0.2, 0.25) is 5.89 Å². The molecule has 5 heteroatoms. The quantitative estimate of drug-likeness (QED) is 0.427. The summed E-state index contributed by atoms with van der Waals surface area (Å²) >= 11 is 0. The molecule has 3 heterocycles. The van der Waals surface area contributed by atoms with Crippen LogP contribution in [0.3, 0.4) is 0 Å². The van der Waals surface area contributed by atoms with Crippen LogP contribution >= 0.6 is 0 Å². The van der Waals surface area contributed by atoms with Gasteiger partial charge < -0.3 is 9.15 Å². The highest BCUT2D eigenvalue weighted by molar-refractivity contribution is 5.98. The first-order valence-corrected chi connectivity index (χ1v) is 10.9. The maximum Gasteiger partial charge on any atom is 0.227 e. The number of rotatable bonds is 5. The summed E-state index contributed by atoms with van der Waals surface area (Å²) in [5.74, 6) is 3.06. The molecule has 0 amide bonds. The Morgan fingerprint density at radius 3 is 2.48 bits per heavy atom. The smallest absolute Gasteiger partial charge is 0.227 e. The lowest BCUT2D eigenvalue weighted by molar-refractivity contribution is 0.202. The molecule has 0 spiro atoms. The molecule has 5 rings (SSSR count). The minimum atomic E-state index is 0.624. The van der Waals surface area contributed by atoms with E-state index in [1.807, 2.05) is 43.6 Å². The van der Waals surface area contributed by atoms with Gasteiger partial charge in [-0.2, -0.15) is 0 Å². The van der Waals surface area contributed by atoms with Gasteiger partial charge in [-0.3, -0.25) is 9.88 Å². The van der Waals surface area contributed by atoms with Gasteiger partial charge in [-0.15, -0.1) is 0 Å². The number of fused-ring (bicyclic) bond motifs is 1. The lowest BCUT2D eigenvalue weighted by Crippen LogP contribution is -2.32. The van der Waals surface area contributed by atoms with Gasteiger partial charge in [0.25, 0.3) is 0 Å². The third kappa shape index (κ3) is 3.93. The highest BCUT2D eigenvalue weighted by Gasteiger charge is 2.23. The van der Waals surface area contributed by atoms with E-state index in [1.54, 1.807) is 7.11 Å². The summed E-state index contributed by atoms with van der Waals surface area (Å²) in [4.78, 5) is 11.5. The molecule has 1 saturated heterocycles. The molecular weight excluding hydrogens is 386 g/mol. The van der Waals surface area contributed by atoms with E-state index in [2.05, 4.69) is 34.1 Å². The summed E-state index contributed by atoms with van der Waals surface area (Å²) in [7, 11) is 1.70. The van der Waals surface area contributed by atoms with Crippen molar-refractivity contribution >= 4 is 10.8 Å². The van der Waals surface area contributed by atoms with Crippen molar-refractivity contribution in [2.24, 2.45) is 0 Å². The van der Waals surface area contributed by atoms with Crippen molar-refractivity contribution in [2.75, 3.05) is 20.2 Å². The van der Waals surface area contributed by atoms with Crippen LogP contribution in [0.25, 0.3) is 22.2 Å². The number of ether oxygens (including phenoxy) is 1. The fourth-order valence-electron chi connectivity index (χ4n) is 4.60.